The predicted molar refractivity (Wildman–Crippen MR) is 82.2 cm³/mol. The summed E-state index contributed by atoms with van der Waals surface area (Å²) in [6.45, 7) is 2.17. The highest BCUT2D eigenvalue weighted by atomic mass is 79.9. The zero-order chi connectivity index (χ0) is 14.8. The number of nitrogens with zero attached hydrogens (tertiary/aromatic N) is 1. The van der Waals surface area contributed by atoms with Gasteiger partial charge in [0.2, 0.25) is 10.0 Å². The minimum absolute atomic E-state index is 0.0411. The van der Waals surface area contributed by atoms with E-state index in [1.165, 1.54) is 12.3 Å². The van der Waals surface area contributed by atoms with E-state index in [0.29, 0.717) is 4.47 Å². The fourth-order valence-corrected chi connectivity index (χ4v) is 3.51. The van der Waals surface area contributed by atoms with Crippen LogP contribution in [-0.4, -0.2) is 13.4 Å². The van der Waals surface area contributed by atoms with Crippen molar-refractivity contribution in [1.29, 1.82) is 0 Å². The molecule has 0 atom stereocenters. The van der Waals surface area contributed by atoms with Crippen LogP contribution in [0.5, 0.6) is 0 Å². The highest BCUT2D eigenvalue weighted by molar-refractivity contribution is 9.10. The first-order valence-electron chi connectivity index (χ1n) is 5.75. The summed E-state index contributed by atoms with van der Waals surface area (Å²) in [5, 5.41) is -0.0513. The minimum Gasteiger partial charge on any atom is -0.242 e. The molecule has 0 radical (unpaired) electrons. The normalized spacial score (nSPS) is 11.6. The Bertz CT molecular complexity index is 718. The molecule has 2 aromatic rings. The molecule has 4 nitrogen and oxygen atoms in total. The Hall–Kier alpha value is -0.950. The van der Waals surface area contributed by atoms with Gasteiger partial charge in [0, 0.05) is 17.2 Å². The van der Waals surface area contributed by atoms with E-state index in [1.54, 1.807) is 0 Å². The number of aromatic nitrogens is 1. The maximum absolute atomic E-state index is 12.2. The molecule has 1 aromatic heterocycles. The number of hydrogen-bond donors (Lipinski definition) is 1. The van der Waals surface area contributed by atoms with Gasteiger partial charge >= 0.3 is 0 Å². The number of hydrogen-bond acceptors (Lipinski definition) is 3. The molecule has 2 rings (SSSR count). The van der Waals surface area contributed by atoms with E-state index in [0.717, 1.165) is 11.1 Å². The monoisotopic (exact) mass is 374 g/mol. The molecule has 0 bridgehead atoms. The summed E-state index contributed by atoms with van der Waals surface area (Å²) in [5.74, 6) is 0. The summed E-state index contributed by atoms with van der Waals surface area (Å²) < 4.78 is 27.4. The maximum Gasteiger partial charge on any atom is 0.243 e. The largest absolute Gasteiger partial charge is 0.243 e. The van der Waals surface area contributed by atoms with Gasteiger partial charge in [-0.25, -0.2) is 18.1 Å². The molecule has 7 heteroatoms. The highest BCUT2D eigenvalue weighted by Gasteiger charge is 2.19. The van der Waals surface area contributed by atoms with Crippen LogP contribution in [0.4, 0.5) is 0 Å². The number of benzene rings is 1. The fraction of sp³-hybridized carbons (Fsp3) is 0.154. The zero-order valence-corrected chi connectivity index (χ0v) is 13.8. The number of aryl methyl sites for hydroxylation is 1. The van der Waals surface area contributed by atoms with Gasteiger partial charge in [0.15, 0.2) is 0 Å². The second kappa shape index (κ2) is 6.22. The summed E-state index contributed by atoms with van der Waals surface area (Å²) >= 11 is 9.01. The summed E-state index contributed by atoms with van der Waals surface area (Å²) in [4.78, 5) is 3.77. The van der Waals surface area contributed by atoms with Crippen molar-refractivity contribution >= 4 is 37.6 Å². The topological polar surface area (TPSA) is 59.1 Å². The number of halogens is 2. The average molecular weight is 376 g/mol. The van der Waals surface area contributed by atoms with Crippen LogP contribution in [0.3, 0.4) is 0 Å². The lowest BCUT2D eigenvalue weighted by atomic mass is 10.2. The first-order valence-corrected chi connectivity index (χ1v) is 8.40. The SMILES string of the molecule is Cc1ccc(CNS(=O)(=O)c2cc(Br)cnc2Cl)cc1. The predicted octanol–water partition coefficient (Wildman–Crippen LogP) is 3.28. The fourth-order valence-electron chi connectivity index (χ4n) is 1.55. The molecule has 0 saturated heterocycles. The molecular formula is C13H12BrClN2O2S. The van der Waals surface area contributed by atoms with Crippen molar-refractivity contribution in [2.45, 2.75) is 18.4 Å². The molecule has 0 fully saturated rings. The van der Waals surface area contributed by atoms with Crippen molar-refractivity contribution in [1.82, 2.24) is 9.71 Å². The summed E-state index contributed by atoms with van der Waals surface area (Å²) in [6.07, 6.45) is 1.45. The lowest BCUT2D eigenvalue weighted by molar-refractivity contribution is 0.581. The number of nitrogens with one attached hydrogen (secondary N) is 1. The molecule has 0 spiro atoms. The third kappa shape index (κ3) is 3.79. The van der Waals surface area contributed by atoms with Crippen molar-refractivity contribution in [2.24, 2.45) is 0 Å². The van der Waals surface area contributed by atoms with Gasteiger partial charge in [0.05, 0.1) is 0 Å². The van der Waals surface area contributed by atoms with E-state index in [2.05, 4.69) is 25.6 Å². The minimum atomic E-state index is -3.70. The van der Waals surface area contributed by atoms with Crippen LogP contribution in [0.1, 0.15) is 11.1 Å². The summed E-state index contributed by atoms with van der Waals surface area (Å²) in [7, 11) is -3.70. The van der Waals surface area contributed by atoms with Gasteiger partial charge < -0.3 is 0 Å². The first kappa shape index (κ1) is 15.4. The van der Waals surface area contributed by atoms with Gasteiger partial charge in [0.1, 0.15) is 10.0 Å². The molecular weight excluding hydrogens is 364 g/mol. The molecule has 0 saturated carbocycles. The van der Waals surface area contributed by atoms with Crippen molar-refractivity contribution in [2.75, 3.05) is 0 Å². The van der Waals surface area contributed by atoms with E-state index >= 15 is 0 Å². The van der Waals surface area contributed by atoms with Crippen molar-refractivity contribution in [3.05, 3.63) is 57.3 Å². The Labute approximate surface area is 131 Å². The Balaban J connectivity index is 2.19. The lowest BCUT2D eigenvalue weighted by Gasteiger charge is -2.08. The van der Waals surface area contributed by atoms with Crippen LogP contribution in [0.15, 0.2) is 45.9 Å². The van der Waals surface area contributed by atoms with Gasteiger partial charge in [-0.2, -0.15) is 0 Å². The van der Waals surface area contributed by atoms with E-state index in [9.17, 15) is 8.42 Å². The molecule has 0 aliphatic rings. The quantitative estimate of drug-likeness (QED) is 0.834. The lowest BCUT2D eigenvalue weighted by Crippen LogP contribution is -2.23. The van der Waals surface area contributed by atoms with E-state index in [1.807, 2.05) is 31.2 Å². The van der Waals surface area contributed by atoms with Crippen LogP contribution in [0, 0.1) is 6.92 Å². The van der Waals surface area contributed by atoms with E-state index in [-0.39, 0.29) is 16.6 Å². The Morgan fingerprint density at radius 3 is 2.60 bits per heavy atom. The van der Waals surface area contributed by atoms with Crippen LogP contribution in [0.25, 0.3) is 0 Å². The first-order chi connectivity index (χ1) is 9.38. The maximum atomic E-state index is 12.2. The van der Waals surface area contributed by atoms with Crippen molar-refractivity contribution in [3.8, 4) is 0 Å². The third-order valence-corrected chi connectivity index (χ3v) is 4.91. The summed E-state index contributed by atoms with van der Waals surface area (Å²) in [5.41, 5.74) is 1.99. The second-order valence-electron chi connectivity index (χ2n) is 4.25. The number of pyridine rings is 1. The Morgan fingerprint density at radius 1 is 1.30 bits per heavy atom. The molecule has 0 aliphatic carbocycles. The van der Waals surface area contributed by atoms with Crippen molar-refractivity contribution < 1.29 is 8.42 Å². The Kier molecular flexibility index (Phi) is 4.80. The molecule has 0 unspecified atom stereocenters. The van der Waals surface area contributed by atoms with Gasteiger partial charge in [-0.15, -0.1) is 0 Å². The molecule has 0 aliphatic heterocycles. The highest BCUT2D eigenvalue weighted by Crippen LogP contribution is 2.22. The number of sulfonamides is 1. The third-order valence-electron chi connectivity index (χ3n) is 2.65. The zero-order valence-electron chi connectivity index (χ0n) is 10.6. The van der Waals surface area contributed by atoms with Crippen LogP contribution in [0.2, 0.25) is 5.15 Å². The van der Waals surface area contributed by atoms with Crippen LogP contribution >= 0.6 is 27.5 Å². The standard InChI is InChI=1S/C13H12BrClN2O2S/c1-9-2-4-10(5-3-9)7-17-20(18,19)12-6-11(14)8-16-13(12)15/h2-6,8,17H,7H2,1H3. The number of rotatable bonds is 4. The van der Waals surface area contributed by atoms with Gasteiger partial charge in [-0.1, -0.05) is 41.4 Å². The molecule has 1 heterocycles. The van der Waals surface area contributed by atoms with Crippen molar-refractivity contribution in [3.63, 3.8) is 0 Å². The van der Waals surface area contributed by atoms with E-state index in [4.69, 9.17) is 11.6 Å². The van der Waals surface area contributed by atoms with Crippen LogP contribution < -0.4 is 4.72 Å². The second-order valence-corrected chi connectivity index (χ2v) is 7.26. The molecule has 106 valence electrons. The smallest absolute Gasteiger partial charge is 0.242 e. The molecule has 20 heavy (non-hydrogen) atoms. The van der Waals surface area contributed by atoms with Crippen LogP contribution in [-0.2, 0) is 16.6 Å². The van der Waals surface area contributed by atoms with Gasteiger partial charge in [-0.3, -0.25) is 0 Å². The molecule has 1 aromatic carbocycles. The van der Waals surface area contributed by atoms with Gasteiger partial charge in [-0.05, 0) is 34.5 Å². The van der Waals surface area contributed by atoms with E-state index < -0.39 is 10.0 Å². The van der Waals surface area contributed by atoms with Gasteiger partial charge in [0.25, 0.3) is 0 Å². The molecule has 0 amide bonds. The summed E-state index contributed by atoms with van der Waals surface area (Å²) in [6, 6.07) is 9.03. The Morgan fingerprint density at radius 2 is 1.95 bits per heavy atom. The molecule has 1 N–H and O–H groups in total. The average Bonchev–Trinajstić information content (AvgIpc) is 2.41.